The summed E-state index contributed by atoms with van der Waals surface area (Å²) >= 11 is 3.46. The number of carbonyl (C=O) groups excluding carboxylic acids is 1. The van der Waals surface area contributed by atoms with Crippen molar-refractivity contribution < 1.29 is 9.53 Å². The van der Waals surface area contributed by atoms with Crippen molar-refractivity contribution >= 4 is 27.5 Å². The van der Waals surface area contributed by atoms with Gasteiger partial charge in [-0.3, -0.25) is 4.79 Å². The van der Waals surface area contributed by atoms with E-state index >= 15 is 0 Å². The van der Waals surface area contributed by atoms with E-state index < -0.39 is 0 Å². The molecule has 0 aromatic heterocycles. The summed E-state index contributed by atoms with van der Waals surface area (Å²) in [5.74, 6) is 0.503. The first-order valence-corrected chi connectivity index (χ1v) is 7.66. The van der Waals surface area contributed by atoms with Gasteiger partial charge in [-0.1, -0.05) is 31.2 Å². The summed E-state index contributed by atoms with van der Waals surface area (Å²) in [5.41, 5.74) is 3.06. The fraction of sp³-hybridized carbons (Fsp3) is 0.235. The topological polar surface area (TPSA) is 38.3 Å². The first-order valence-electron chi connectivity index (χ1n) is 6.87. The van der Waals surface area contributed by atoms with Crippen molar-refractivity contribution in [3.05, 3.63) is 58.1 Å². The highest BCUT2D eigenvalue weighted by Gasteiger charge is 2.07. The van der Waals surface area contributed by atoms with Crippen LogP contribution in [0.2, 0.25) is 0 Å². The summed E-state index contributed by atoms with van der Waals surface area (Å²) in [7, 11) is 0. The fourth-order valence-electron chi connectivity index (χ4n) is 1.92. The van der Waals surface area contributed by atoms with Crippen molar-refractivity contribution in [2.75, 3.05) is 11.9 Å². The minimum Gasteiger partial charge on any atom is -0.483 e. The van der Waals surface area contributed by atoms with E-state index in [1.54, 1.807) is 0 Å². The molecule has 0 atom stereocenters. The van der Waals surface area contributed by atoms with Crippen molar-refractivity contribution in [2.45, 2.75) is 20.3 Å². The summed E-state index contributed by atoms with van der Waals surface area (Å²) in [6.07, 6.45) is 0.965. The number of hydrogen-bond acceptors (Lipinski definition) is 2. The van der Waals surface area contributed by atoms with Gasteiger partial charge < -0.3 is 10.1 Å². The zero-order valence-electron chi connectivity index (χ0n) is 12.2. The number of hydrogen-bond donors (Lipinski definition) is 1. The van der Waals surface area contributed by atoms with Crippen LogP contribution in [0, 0.1) is 6.92 Å². The largest absolute Gasteiger partial charge is 0.483 e. The second-order valence-corrected chi connectivity index (χ2v) is 5.62. The van der Waals surface area contributed by atoms with E-state index in [0.717, 1.165) is 22.1 Å². The Hall–Kier alpha value is -1.81. The number of ether oxygens (including phenoxy) is 1. The SMILES string of the molecule is CCc1ccc(OCC(=O)Nc2ccccc2C)c(Br)c1. The van der Waals surface area contributed by atoms with E-state index in [1.807, 2.05) is 49.4 Å². The first kappa shape index (κ1) is 15.6. The number of halogens is 1. The molecule has 0 fully saturated rings. The van der Waals surface area contributed by atoms with Crippen LogP contribution in [0.25, 0.3) is 0 Å². The molecule has 1 amide bonds. The van der Waals surface area contributed by atoms with E-state index in [1.165, 1.54) is 5.56 Å². The number of amides is 1. The molecule has 0 radical (unpaired) electrons. The van der Waals surface area contributed by atoms with Crippen molar-refractivity contribution in [3.8, 4) is 5.75 Å². The molecule has 2 rings (SSSR count). The number of rotatable bonds is 5. The van der Waals surface area contributed by atoms with Gasteiger partial charge in [0.2, 0.25) is 0 Å². The highest BCUT2D eigenvalue weighted by molar-refractivity contribution is 9.10. The molecule has 0 unspecified atom stereocenters. The number of carbonyl (C=O) groups is 1. The molecule has 0 bridgehead atoms. The fourth-order valence-corrected chi connectivity index (χ4v) is 2.46. The molecule has 110 valence electrons. The summed E-state index contributed by atoms with van der Waals surface area (Å²) in [5, 5.41) is 2.84. The van der Waals surface area contributed by atoms with E-state index in [0.29, 0.717) is 5.75 Å². The second-order valence-electron chi connectivity index (χ2n) is 4.77. The standard InChI is InChI=1S/C17H18BrNO2/c1-3-13-8-9-16(14(18)10-13)21-11-17(20)19-15-7-5-4-6-12(15)2/h4-10H,3,11H2,1-2H3,(H,19,20). The molecule has 2 aromatic carbocycles. The number of anilines is 1. The molecule has 2 aromatic rings. The van der Waals surface area contributed by atoms with Crippen LogP contribution < -0.4 is 10.1 Å². The Kier molecular flexibility index (Phi) is 5.39. The number of aryl methyl sites for hydroxylation is 2. The van der Waals surface area contributed by atoms with Crippen LogP contribution in [-0.4, -0.2) is 12.5 Å². The van der Waals surface area contributed by atoms with Crippen molar-refractivity contribution in [1.29, 1.82) is 0 Å². The van der Waals surface area contributed by atoms with Crippen LogP contribution in [-0.2, 0) is 11.2 Å². The molecule has 0 saturated carbocycles. The van der Waals surface area contributed by atoms with Crippen molar-refractivity contribution in [3.63, 3.8) is 0 Å². The van der Waals surface area contributed by atoms with Gasteiger partial charge in [0, 0.05) is 5.69 Å². The van der Waals surface area contributed by atoms with Crippen LogP contribution >= 0.6 is 15.9 Å². The normalized spacial score (nSPS) is 10.2. The summed E-state index contributed by atoms with van der Waals surface area (Å²) < 4.78 is 6.42. The molecular weight excluding hydrogens is 330 g/mol. The van der Waals surface area contributed by atoms with E-state index in [9.17, 15) is 4.79 Å². The Morgan fingerprint density at radius 2 is 2.00 bits per heavy atom. The maximum atomic E-state index is 11.9. The van der Waals surface area contributed by atoms with Crippen molar-refractivity contribution in [2.24, 2.45) is 0 Å². The lowest BCUT2D eigenvalue weighted by Gasteiger charge is -2.11. The number of benzene rings is 2. The van der Waals surface area contributed by atoms with Crippen LogP contribution in [0.4, 0.5) is 5.69 Å². The Morgan fingerprint density at radius 1 is 1.24 bits per heavy atom. The van der Waals surface area contributed by atoms with Crippen LogP contribution in [0.1, 0.15) is 18.1 Å². The third-order valence-corrected chi connectivity index (χ3v) is 3.80. The van der Waals surface area contributed by atoms with Crippen LogP contribution in [0.15, 0.2) is 46.9 Å². The van der Waals surface area contributed by atoms with Gasteiger partial charge >= 0.3 is 0 Å². The summed E-state index contributed by atoms with van der Waals surface area (Å²) in [4.78, 5) is 11.9. The maximum absolute atomic E-state index is 11.9. The lowest BCUT2D eigenvalue weighted by Crippen LogP contribution is -2.20. The monoisotopic (exact) mass is 347 g/mol. The minimum absolute atomic E-state index is 0.0155. The first-order chi connectivity index (χ1) is 10.1. The van der Waals surface area contributed by atoms with Gasteiger partial charge in [-0.25, -0.2) is 0 Å². The zero-order valence-corrected chi connectivity index (χ0v) is 13.7. The predicted molar refractivity (Wildman–Crippen MR) is 88.8 cm³/mol. The van der Waals surface area contributed by atoms with Crippen molar-refractivity contribution in [1.82, 2.24) is 0 Å². The van der Waals surface area contributed by atoms with Crippen LogP contribution in [0.3, 0.4) is 0 Å². The molecule has 0 heterocycles. The average molecular weight is 348 g/mol. The molecule has 0 aliphatic carbocycles. The Balaban J connectivity index is 1.94. The molecule has 0 saturated heterocycles. The Morgan fingerprint density at radius 3 is 2.67 bits per heavy atom. The van der Waals surface area contributed by atoms with Crippen LogP contribution in [0.5, 0.6) is 5.75 Å². The predicted octanol–water partition coefficient (Wildman–Crippen LogP) is 4.34. The van der Waals surface area contributed by atoms with E-state index in [2.05, 4.69) is 28.2 Å². The lowest BCUT2D eigenvalue weighted by atomic mass is 10.2. The quantitative estimate of drug-likeness (QED) is 0.873. The number of nitrogens with one attached hydrogen (secondary N) is 1. The third-order valence-electron chi connectivity index (χ3n) is 3.18. The van der Waals surface area contributed by atoms with E-state index in [-0.39, 0.29) is 12.5 Å². The Bertz CT molecular complexity index is 640. The molecule has 0 aliphatic heterocycles. The van der Waals surface area contributed by atoms with Gasteiger partial charge in [-0.05, 0) is 58.6 Å². The lowest BCUT2D eigenvalue weighted by molar-refractivity contribution is -0.118. The minimum atomic E-state index is -0.171. The highest BCUT2D eigenvalue weighted by atomic mass is 79.9. The molecule has 0 aliphatic rings. The second kappa shape index (κ2) is 7.27. The highest BCUT2D eigenvalue weighted by Crippen LogP contribution is 2.26. The van der Waals surface area contributed by atoms with Gasteiger partial charge in [0.15, 0.2) is 6.61 Å². The zero-order chi connectivity index (χ0) is 15.2. The molecule has 4 heteroatoms. The van der Waals surface area contributed by atoms with Gasteiger partial charge in [-0.2, -0.15) is 0 Å². The Labute approximate surface area is 133 Å². The molecule has 21 heavy (non-hydrogen) atoms. The van der Waals surface area contributed by atoms with Gasteiger partial charge in [0.25, 0.3) is 5.91 Å². The summed E-state index contributed by atoms with van der Waals surface area (Å²) in [6, 6.07) is 13.5. The van der Waals surface area contributed by atoms with Gasteiger partial charge in [0.1, 0.15) is 5.75 Å². The number of para-hydroxylation sites is 1. The molecular formula is C17H18BrNO2. The smallest absolute Gasteiger partial charge is 0.262 e. The molecule has 0 spiro atoms. The van der Waals surface area contributed by atoms with Gasteiger partial charge in [0.05, 0.1) is 4.47 Å². The van der Waals surface area contributed by atoms with E-state index in [4.69, 9.17) is 4.74 Å². The third kappa shape index (κ3) is 4.33. The maximum Gasteiger partial charge on any atom is 0.262 e. The molecule has 3 nitrogen and oxygen atoms in total. The average Bonchev–Trinajstić information content (AvgIpc) is 2.48. The molecule has 1 N–H and O–H groups in total. The summed E-state index contributed by atoms with van der Waals surface area (Å²) in [6.45, 7) is 4.03. The van der Waals surface area contributed by atoms with Gasteiger partial charge in [-0.15, -0.1) is 0 Å².